The summed E-state index contributed by atoms with van der Waals surface area (Å²) in [5.41, 5.74) is 0. The van der Waals surface area contributed by atoms with Gasteiger partial charge in [0.25, 0.3) is 0 Å². The molecule has 2 aliphatic rings. The molecule has 0 bridgehead atoms. The first-order valence-electron chi connectivity index (χ1n) is 6.00. The first kappa shape index (κ1) is 11.0. The summed E-state index contributed by atoms with van der Waals surface area (Å²) in [6.45, 7) is 1.23. The average Bonchev–Trinajstić information content (AvgIpc) is 2.91. The fraction of sp³-hybridized carbons (Fsp3) is 0.538. The lowest BCUT2D eigenvalue weighted by atomic mass is 9.94. The van der Waals surface area contributed by atoms with Gasteiger partial charge in [0.15, 0.2) is 0 Å². The number of rotatable bonds is 2. The van der Waals surface area contributed by atoms with E-state index in [0.717, 1.165) is 11.8 Å². The highest BCUT2D eigenvalue weighted by molar-refractivity contribution is 9.11. The zero-order valence-corrected chi connectivity index (χ0v) is 11.6. The van der Waals surface area contributed by atoms with E-state index in [0.29, 0.717) is 6.04 Å². The third-order valence-corrected chi connectivity index (χ3v) is 5.45. The van der Waals surface area contributed by atoms with Crippen molar-refractivity contribution in [2.45, 2.75) is 25.3 Å². The van der Waals surface area contributed by atoms with Crippen molar-refractivity contribution in [3.8, 4) is 0 Å². The third kappa shape index (κ3) is 2.13. The normalized spacial score (nSPS) is 33.7. The Hall–Kier alpha value is -0.120. The molecule has 1 nitrogen and oxygen atoms in total. The molecule has 0 radical (unpaired) electrons. The molecule has 1 aliphatic carbocycles. The van der Waals surface area contributed by atoms with E-state index in [1.807, 2.05) is 0 Å². The van der Waals surface area contributed by atoms with Crippen LogP contribution in [0.4, 0.5) is 0 Å². The molecular weight excluding hydrogens is 282 g/mol. The van der Waals surface area contributed by atoms with Gasteiger partial charge in [-0.2, -0.15) is 0 Å². The second kappa shape index (κ2) is 4.63. The van der Waals surface area contributed by atoms with Gasteiger partial charge in [-0.25, -0.2) is 0 Å². The summed E-state index contributed by atoms with van der Waals surface area (Å²) in [5.74, 6) is 1.85. The average molecular weight is 298 g/mol. The Morgan fingerprint density at radius 2 is 2.31 bits per heavy atom. The minimum absolute atomic E-state index is 0.619. The number of halogens is 1. The lowest BCUT2D eigenvalue weighted by Gasteiger charge is -2.13. The predicted octanol–water partition coefficient (Wildman–Crippen LogP) is 3.91. The molecule has 1 aromatic rings. The standard InChI is InChI=1S/C13H16BrNS/c14-13-7-5-10(16-13)4-6-12-11-3-1-2-9(11)8-15-12/h4-7,9,11-12,15H,1-3,8H2/b6-4+. The molecule has 1 N–H and O–H groups in total. The highest BCUT2D eigenvalue weighted by Gasteiger charge is 2.37. The molecule has 1 aromatic heterocycles. The van der Waals surface area contributed by atoms with Crippen molar-refractivity contribution in [1.82, 2.24) is 5.32 Å². The van der Waals surface area contributed by atoms with Crippen molar-refractivity contribution in [2.24, 2.45) is 11.8 Å². The molecule has 0 amide bonds. The SMILES string of the molecule is Brc1ccc(/C=C/C2NCC3CCCC32)s1. The van der Waals surface area contributed by atoms with Crippen LogP contribution in [0.25, 0.3) is 6.08 Å². The molecule has 3 unspecified atom stereocenters. The van der Waals surface area contributed by atoms with E-state index in [-0.39, 0.29) is 0 Å². The van der Waals surface area contributed by atoms with Crippen LogP contribution in [0.1, 0.15) is 24.1 Å². The van der Waals surface area contributed by atoms with Gasteiger partial charge in [-0.15, -0.1) is 11.3 Å². The molecule has 3 heteroatoms. The molecule has 3 rings (SSSR count). The summed E-state index contributed by atoms with van der Waals surface area (Å²) in [6.07, 6.45) is 8.93. The van der Waals surface area contributed by atoms with Crippen LogP contribution < -0.4 is 5.32 Å². The maximum absolute atomic E-state index is 3.64. The van der Waals surface area contributed by atoms with Crippen LogP contribution in [-0.2, 0) is 0 Å². The van der Waals surface area contributed by atoms with Crippen molar-refractivity contribution >= 4 is 33.3 Å². The molecule has 3 atom stereocenters. The Balaban J connectivity index is 1.68. The van der Waals surface area contributed by atoms with E-state index in [4.69, 9.17) is 0 Å². The van der Waals surface area contributed by atoms with Gasteiger partial charge < -0.3 is 5.32 Å². The van der Waals surface area contributed by atoms with Gasteiger partial charge in [0.2, 0.25) is 0 Å². The largest absolute Gasteiger partial charge is 0.310 e. The lowest BCUT2D eigenvalue weighted by Crippen LogP contribution is -2.23. The molecule has 1 saturated heterocycles. The Morgan fingerprint density at radius 3 is 3.12 bits per heavy atom. The fourth-order valence-corrected chi connectivity index (χ4v) is 4.39. The van der Waals surface area contributed by atoms with Crippen molar-refractivity contribution < 1.29 is 0 Å². The highest BCUT2D eigenvalue weighted by atomic mass is 79.9. The smallest absolute Gasteiger partial charge is 0.0704 e. The van der Waals surface area contributed by atoms with Gasteiger partial charge in [0.1, 0.15) is 0 Å². The Labute approximate surface area is 109 Å². The first-order valence-corrected chi connectivity index (χ1v) is 7.61. The molecule has 86 valence electrons. The van der Waals surface area contributed by atoms with Crippen molar-refractivity contribution in [3.63, 3.8) is 0 Å². The predicted molar refractivity (Wildman–Crippen MR) is 73.7 cm³/mol. The van der Waals surface area contributed by atoms with Crippen LogP contribution in [0.15, 0.2) is 22.0 Å². The Kier molecular flexibility index (Phi) is 3.18. The quantitative estimate of drug-likeness (QED) is 0.873. The van der Waals surface area contributed by atoms with Gasteiger partial charge in [-0.05, 0) is 65.4 Å². The Bertz CT molecular complexity index is 398. The first-order chi connectivity index (χ1) is 7.83. The van der Waals surface area contributed by atoms with Crippen molar-refractivity contribution in [1.29, 1.82) is 0 Å². The van der Waals surface area contributed by atoms with Crippen molar-refractivity contribution in [3.05, 3.63) is 26.9 Å². The number of hydrogen-bond acceptors (Lipinski definition) is 2. The van der Waals surface area contributed by atoms with E-state index in [2.05, 4.69) is 45.5 Å². The highest BCUT2D eigenvalue weighted by Crippen LogP contribution is 2.38. The van der Waals surface area contributed by atoms with Gasteiger partial charge in [-0.1, -0.05) is 12.5 Å². The van der Waals surface area contributed by atoms with Crippen LogP contribution in [0, 0.1) is 11.8 Å². The van der Waals surface area contributed by atoms with Gasteiger partial charge in [0.05, 0.1) is 3.79 Å². The monoisotopic (exact) mass is 297 g/mol. The second-order valence-electron chi connectivity index (χ2n) is 4.79. The van der Waals surface area contributed by atoms with Crippen LogP contribution >= 0.6 is 27.3 Å². The number of thiophene rings is 1. The zero-order valence-electron chi connectivity index (χ0n) is 9.16. The van der Waals surface area contributed by atoms with E-state index >= 15 is 0 Å². The summed E-state index contributed by atoms with van der Waals surface area (Å²) in [6, 6.07) is 4.91. The molecule has 2 fully saturated rings. The maximum atomic E-state index is 3.64. The lowest BCUT2D eigenvalue weighted by molar-refractivity contribution is 0.456. The van der Waals surface area contributed by atoms with E-state index in [9.17, 15) is 0 Å². The zero-order chi connectivity index (χ0) is 11.0. The molecule has 1 saturated carbocycles. The molecular formula is C13H16BrNS. The maximum Gasteiger partial charge on any atom is 0.0704 e. The fourth-order valence-electron chi connectivity index (χ4n) is 3.06. The van der Waals surface area contributed by atoms with Gasteiger partial charge in [0, 0.05) is 10.9 Å². The second-order valence-corrected chi connectivity index (χ2v) is 7.28. The molecule has 2 heterocycles. The van der Waals surface area contributed by atoms with Crippen molar-refractivity contribution in [2.75, 3.05) is 6.54 Å². The summed E-state index contributed by atoms with van der Waals surface area (Å²) in [7, 11) is 0. The van der Waals surface area contributed by atoms with E-state index in [1.54, 1.807) is 11.3 Å². The summed E-state index contributed by atoms with van der Waals surface area (Å²) in [4.78, 5) is 1.34. The number of nitrogens with one attached hydrogen (secondary N) is 1. The molecule has 1 aliphatic heterocycles. The molecule has 0 aromatic carbocycles. The van der Waals surface area contributed by atoms with Crippen LogP contribution in [0.5, 0.6) is 0 Å². The van der Waals surface area contributed by atoms with E-state index in [1.165, 1.54) is 34.5 Å². The minimum atomic E-state index is 0.619. The van der Waals surface area contributed by atoms with Gasteiger partial charge in [-0.3, -0.25) is 0 Å². The molecule has 0 spiro atoms. The van der Waals surface area contributed by atoms with Crippen LogP contribution in [0.2, 0.25) is 0 Å². The minimum Gasteiger partial charge on any atom is -0.310 e. The summed E-state index contributed by atoms with van der Waals surface area (Å²) >= 11 is 5.30. The van der Waals surface area contributed by atoms with Crippen LogP contribution in [0.3, 0.4) is 0 Å². The van der Waals surface area contributed by atoms with E-state index < -0.39 is 0 Å². The number of fused-ring (bicyclic) bond motifs is 1. The van der Waals surface area contributed by atoms with Gasteiger partial charge >= 0.3 is 0 Å². The van der Waals surface area contributed by atoms with Crippen LogP contribution in [-0.4, -0.2) is 12.6 Å². The topological polar surface area (TPSA) is 12.0 Å². The number of hydrogen-bond donors (Lipinski definition) is 1. The third-order valence-electron chi connectivity index (χ3n) is 3.86. The summed E-state index contributed by atoms with van der Waals surface area (Å²) < 4.78 is 1.21. The summed E-state index contributed by atoms with van der Waals surface area (Å²) in [5, 5.41) is 3.64. The molecule has 16 heavy (non-hydrogen) atoms. The Morgan fingerprint density at radius 1 is 1.38 bits per heavy atom.